The van der Waals surface area contributed by atoms with Crippen LogP contribution in [-0.2, 0) is 6.54 Å². The summed E-state index contributed by atoms with van der Waals surface area (Å²) in [5.74, 6) is 0.501. The molecule has 0 bridgehead atoms. The first-order valence-corrected chi connectivity index (χ1v) is 7.77. The van der Waals surface area contributed by atoms with E-state index in [2.05, 4.69) is 24.1 Å². The molecule has 20 heavy (non-hydrogen) atoms. The van der Waals surface area contributed by atoms with Crippen LogP contribution in [0.25, 0.3) is 0 Å². The normalized spacial score (nSPS) is 17.9. The molecule has 0 spiro atoms. The minimum atomic E-state index is -0.146. The lowest BCUT2D eigenvalue weighted by Crippen LogP contribution is -2.44. The summed E-state index contributed by atoms with van der Waals surface area (Å²) in [7, 11) is 0. The molecule has 0 radical (unpaired) electrons. The lowest BCUT2D eigenvalue weighted by atomic mass is 10.0. The fourth-order valence-corrected chi connectivity index (χ4v) is 3.04. The Morgan fingerprint density at radius 1 is 1.25 bits per heavy atom. The van der Waals surface area contributed by atoms with Crippen LogP contribution in [-0.4, -0.2) is 30.6 Å². The van der Waals surface area contributed by atoms with Gasteiger partial charge in [-0.05, 0) is 62.0 Å². The van der Waals surface area contributed by atoms with E-state index in [1.807, 2.05) is 13.0 Å². The molecule has 2 nitrogen and oxygen atoms in total. The van der Waals surface area contributed by atoms with Crippen molar-refractivity contribution in [2.45, 2.75) is 46.2 Å². The van der Waals surface area contributed by atoms with Crippen LogP contribution in [0.4, 0.5) is 4.39 Å². The van der Waals surface area contributed by atoms with Crippen molar-refractivity contribution in [2.75, 3.05) is 19.6 Å². The average Bonchev–Trinajstić information content (AvgIpc) is 2.91. The second kappa shape index (κ2) is 7.19. The molecule has 0 amide bonds. The van der Waals surface area contributed by atoms with Crippen LogP contribution in [0.2, 0.25) is 0 Å². The Bertz CT molecular complexity index is 425. The molecule has 0 aliphatic carbocycles. The van der Waals surface area contributed by atoms with E-state index in [1.165, 1.54) is 32.0 Å². The van der Waals surface area contributed by atoms with Crippen molar-refractivity contribution in [3.8, 4) is 0 Å². The van der Waals surface area contributed by atoms with Gasteiger partial charge in [-0.2, -0.15) is 0 Å². The first kappa shape index (κ1) is 15.5. The fourth-order valence-electron chi connectivity index (χ4n) is 3.04. The minimum absolute atomic E-state index is 0.146. The third-order valence-electron chi connectivity index (χ3n) is 4.36. The van der Waals surface area contributed by atoms with E-state index >= 15 is 0 Å². The molecule has 1 aliphatic heterocycles. The van der Waals surface area contributed by atoms with Crippen molar-refractivity contribution in [1.29, 1.82) is 0 Å². The van der Waals surface area contributed by atoms with Crippen LogP contribution in [0.5, 0.6) is 0 Å². The largest absolute Gasteiger partial charge is 0.311 e. The molecule has 1 saturated heterocycles. The summed E-state index contributed by atoms with van der Waals surface area (Å²) in [6.45, 7) is 10.8. The molecule has 1 aromatic carbocycles. The van der Waals surface area contributed by atoms with Crippen LogP contribution in [0.1, 0.15) is 37.8 Å². The molecule has 1 aliphatic rings. The van der Waals surface area contributed by atoms with Gasteiger partial charge in [-0.25, -0.2) is 4.39 Å². The van der Waals surface area contributed by atoms with Crippen molar-refractivity contribution < 1.29 is 4.39 Å². The first-order chi connectivity index (χ1) is 9.58. The summed E-state index contributed by atoms with van der Waals surface area (Å²) in [6, 6.07) is 5.61. The zero-order chi connectivity index (χ0) is 14.5. The van der Waals surface area contributed by atoms with Gasteiger partial charge in [-0.3, -0.25) is 4.90 Å². The second-order valence-electron chi connectivity index (χ2n) is 6.26. The number of hydrogen-bond acceptors (Lipinski definition) is 2. The highest BCUT2D eigenvalue weighted by atomic mass is 19.1. The zero-order valence-corrected chi connectivity index (χ0v) is 13.0. The molecule has 1 aromatic rings. The van der Waals surface area contributed by atoms with Gasteiger partial charge in [-0.15, -0.1) is 0 Å². The molecule has 1 fully saturated rings. The highest BCUT2D eigenvalue weighted by Crippen LogP contribution is 2.17. The van der Waals surface area contributed by atoms with Crippen molar-refractivity contribution >= 4 is 0 Å². The number of nitrogens with one attached hydrogen (secondary N) is 1. The molecule has 1 atom stereocenters. The van der Waals surface area contributed by atoms with Gasteiger partial charge in [0.15, 0.2) is 0 Å². The molecular weight excluding hydrogens is 251 g/mol. The summed E-state index contributed by atoms with van der Waals surface area (Å²) in [5.41, 5.74) is 2.22. The van der Waals surface area contributed by atoms with Crippen LogP contribution in [0, 0.1) is 18.7 Å². The predicted octanol–water partition coefficient (Wildman–Crippen LogP) is 3.34. The second-order valence-corrected chi connectivity index (χ2v) is 6.26. The third-order valence-corrected chi connectivity index (χ3v) is 4.36. The van der Waals surface area contributed by atoms with E-state index in [4.69, 9.17) is 0 Å². The molecule has 1 unspecified atom stereocenters. The highest BCUT2D eigenvalue weighted by Gasteiger charge is 2.23. The summed E-state index contributed by atoms with van der Waals surface area (Å²) >= 11 is 0. The minimum Gasteiger partial charge on any atom is -0.311 e. The molecule has 112 valence electrons. The molecule has 3 heteroatoms. The Kier molecular flexibility index (Phi) is 5.55. The Balaban J connectivity index is 1.88. The van der Waals surface area contributed by atoms with Gasteiger partial charge in [0.2, 0.25) is 0 Å². The van der Waals surface area contributed by atoms with Crippen LogP contribution >= 0.6 is 0 Å². The number of aryl methyl sites for hydroxylation is 1. The number of likely N-dealkylation sites (tertiary alicyclic amines) is 1. The number of nitrogens with zero attached hydrogens (tertiary/aromatic N) is 1. The Morgan fingerprint density at radius 2 is 1.95 bits per heavy atom. The monoisotopic (exact) mass is 278 g/mol. The fraction of sp³-hybridized carbons (Fsp3) is 0.647. The highest BCUT2D eigenvalue weighted by molar-refractivity contribution is 5.26. The molecule has 2 rings (SSSR count). The van der Waals surface area contributed by atoms with E-state index in [1.54, 1.807) is 6.07 Å². The van der Waals surface area contributed by atoms with E-state index in [0.29, 0.717) is 12.0 Å². The van der Waals surface area contributed by atoms with Gasteiger partial charge >= 0.3 is 0 Å². The summed E-state index contributed by atoms with van der Waals surface area (Å²) < 4.78 is 13.3. The van der Waals surface area contributed by atoms with Gasteiger partial charge in [0, 0.05) is 19.1 Å². The van der Waals surface area contributed by atoms with Crippen LogP contribution < -0.4 is 5.32 Å². The lowest BCUT2D eigenvalue weighted by molar-refractivity contribution is 0.186. The predicted molar refractivity (Wildman–Crippen MR) is 82.3 cm³/mol. The lowest BCUT2D eigenvalue weighted by Gasteiger charge is -2.31. The smallest absolute Gasteiger partial charge is 0.123 e. The Hall–Kier alpha value is -0.930. The van der Waals surface area contributed by atoms with Gasteiger partial charge in [-0.1, -0.05) is 19.9 Å². The first-order valence-electron chi connectivity index (χ1n) is 7.77. The van der Waals surface area contributed by atoms with Gasteiger partial charge < -0.3 is 5.32 Å². The summed E-state index contributed by atoms with van der Waals surface area (Å²) in [6.07, 6.45) is 2.65. The molecular formula is C17H27FN2. The molecule has 0 saturated carbocycles. The summed E-state index contributed by atoms with van der Waals surface area (Å²) in [5, 5.41) is 3.52. The molecule has 1 N–H and O–H groups in total. The molecule has 1 heterocycles. The van der Waals surface area contributed by atoms with Crippen LogP contribution in [0.3, 0.4) is 0 Å². The van der Waals surface area contributed by atoms with E-state index in [0.717, 1.165) is 24.2 Å². The van der Waals surface area contributed by atoms with E-state index < -0.39 is 0 Å². The van der Waals surface area contributed by atoms with Gasteiger partial charge in [0.1, 0.15) is 5.82 Å². The number of hydrogen-bond donors (Lipinski definition) is 1. The Labute approximate surface area is 122 Å². The van der Waals surface area contributed by atoms with E-state index in [9.17, 15) is 4.39 Å². The van der Waals surface area contributed by atoms with Crippen LogP contribution in [0.15, 0.2) is 18.2 Å². The quantitative estimate of drug-likeness (QED) is 0.858. The van der Waals surface area contributed by atoms with Crippen molar-refractivity contribution in [3.05, 3.63) is 35.1 Å². The topological polar surface area (TPSA) is 15.3 Å². The maximum atomic E-state index is 13.3. The van der Waals surface area contributed by atoms with Crippen molar-refractivity contribution in [3.63, 3.8) is 0 Å². The maximum Gasteiger partial charge on any atom is 0.123 e. The SMILES string of the molecule is Cc1ccc(F)cc1CNCC(C(C)C)N1CCCC1. The molecule has 0 aromatic heterocycles. The maximum absolute atomic E-state index is 13.3. The van der Waals surface area contributed by atoms with Gasteiger partial charge in [0.05, 0.1) is 0 Å². The third kappa shape index (κ3) is 4.03. The zero-order valence-electron chi connectivity index (χ0n) is 13.0. The standard InChI is InChI=1S/C17H27FN2/c1-13(2)17(20-8-4-5-9-20)12-19-11-15-10-16(18)7-6-14(15)3/h6-7,10,13,17,19H,4-5,8-9,11-12H2,1-3H3. The van der Waals surface area contributed by atoms with Crippen molar-refractivity contribution in [1.82, 2.24) is 10.2 Å². The number of halogens is 1. The van der Waals surface area contributed by atoms with Gasteiger partial charge in [0.25, 0.3) is 0 Å². The number of benzene rings is 1. The number of rotatable bonds is 6. The van der Waals surface area contributed by atoms with Crippen molar-refractivity contribution in [2.24, 2.45) is 5.92 Å². The average molecular weight is 278 g/mol. The Morgan fingerprint density at radius 3 is 2.60 bits per heavy atom. The summed E-state index contributed by atoms with van der Waals surface area (Å²) in [4.78, 5) is 2.59. The van der Waals surface area contributed by atoms with E-state index in [-0.39, 0.29) is 5.82 Å².